The number of aromatic nitrogens is 3. The van der Waals surface area contributed by atoms with E-state index in [4.69, 9.17) is 14.6 Å². The van der Waals surface area contributed by atoms with Gasteiger partial charge in [-0.1, -0.05) is 12.1 Å². The summed E-state index contributed by atoms with van der Waals surface area (Å²) in [5.41, 5.74) is -0.580. The van der Waals surface area contributed by atoms with Crippen molar-refractivity contribution >= 4 is 21.9 Å². The topological polar surface area (TPSA) is 139 Å². The van der Waals surface area contributed by atoms with E-state index in [1.165, 1.54) is 13.1 Å². The van der Waals surface area contributed by atoms with Crippen molar-refractivity contribution in [2.24, 2.45) is 12.2 Å². The Balaban J connectivity index is 2.70. The van der Waals surface area contributed by atoms with Crippen LogP contribution < -0.4 is 24.6 Å². The molecule has 1 amide bonds. The third kappa shape index (κ3) is 3.95. The number of nitrogens with zero attached hydrogens (tertiary/aromatic N) is 4. The van der Waals surface area contributed by atoms with Crippen molar-refractivity contribution < 1.29 is 22.7 Å². The number of hydrogen-bond acceptors (Lipinski definition) is 7. The number of para-hydroxylation sites is 1. The van der Waals surface area contributed by atoms with E-state index in [1.807, 2.05) is 0 Å². The first-order valence-electron chi connectivity index (χ1n) is 8.02. The lowest BCUT2D eigenvalue weighted by Crippen LogP contribution is -2.47. The first-order chi connectivity index (χ1) is 12.6. The number of hydrogen-bond donors (Lipinski definition) is 1. The Morgan fingerprint density at radius 2 is 1.89 bits per heavy atom. The fourth-order valence-corrected chi connectivity index (χ4v) is 3.16. The molecule has 0 fully saturated rings. The minimum absolute atomic E-state index is 0.0950. The maximum absolute atomic E-state index is 12.9. The quantitative estimate of drug-likeness (QED) is 0.740. The normalized spacial score (nSPS) is 11.3. The van der Waals surface area contributed by atoms with Crippen LogP contribution in [0.25, 0.3) is 0 Å². The number of ether oxygens (including phenoxy) is 2. The van der Waals surface area contributed by atoms with E-state index < -0.39 is 21.9 Å². The fraction of sp³-hybridized carbons (Fsp3) is 0.400. The standard InChI is InChI=1S/C15H21N5O6S/c1-5-25-11-9-7-8-10(3)12(11)20(27(16,23)24)15(22)19-14(21)18(4)13(17-19)26-6-2/h7-9H,5-6H2,1-4H3,(H2,16,23,24). The Morgan fingerprint density at radius 3 is 2.44 bits per heavy atom. The van der Waals surface area contributed by atoms with E-state index >= 15 is 0 Å². The molecule has 2 N–H and O–H groups in total. The first-order valence-corrected chi connectivity index (χ1v) is 9.52. The van der Waals surface area contributed by atoms with Crippen LogP contribution in [0.4, 0.5) is 10.5 Å². The van der Waals surface area contributed by atoms with Crippen molar-refractivity contribution in [1.82, 2.24) is 14.3 Å². The van der Waals surface area contributed by atoms with Gasteiger partial charge in [-0.15, -0.1) is 9.78 Å². The molecule has 0 saturated heterocycles. The van der Waals surface area contributed by atoms with Crippen molar-refractivity contribution in [3.05, 3.63) is 34.2 Å². The number of benzene rings is 1. The highest BCUT2D eigenvalue weighted by Crippen LogP contribution is 2.33. The zero-order valence-corrected chi connectivity index (χ0v) is 16.2. The van der Waals surface area contributed by atoms with Crippen LogP contribution >= 0.6 is 0 Å². The lowest BCUT2D eigenvalue weighted by atomic mass is 10.2. The van der Waals surface area contributed by atoms with Gasteiger partial charge in [0.15, 0.2) is 0 Å². The summed E-state index contributed by atoms with van der Waals surface area (Å²) in [6, 6.07) is 3.29. The van der Waals surface area contributed by atoms with Crippen molar-refractivity contribution in [2.75, 3.05) is 17.5 Å². The summed E-state index contributed by atoms with van der Waals surface area (Å²) in [5, 5.41) is 9.04. The maximum atomic E-state index is 12.9. The van der Waals surface area contributed by atoms with Gasteiger partial charge >= 0.3 is 27.9 Å². The average Bonchev–Trinajstić information content (AvgIpc) is 2.85. The van der Waals surface area contributed by atoms with Crippen LogP contribution in [-0.4, -0.2) is 42.0 Å². The SMILES string of the molecule is CCOc1cccc(C)c1N(C(=O)n1nc(OCC)n(C)c1=O)S(N)(=O)=O. The molecule has 1 aromatic heterocycles. The first kappa shape index (κ1) is 20.5. The van der Waals surface area contributed by atoms with Crippen LogP contribution in [0.2, 0.25) is 0 Å². The molecule has 0 aliphatic rings. The minimum Gasteiger partial charge on any atom is -0.492 e. The lowest BCUT2D eigenvalue weighted by Gasteiger charge is -2.23. The molecule has 0 saturated carbocycles. The number of nitrogens with two attached hydrogens (primary N) is 1. The van der Waals surface area contributed by atoms with Crippen LogP contribution in [0.5, 0.6) is 11.8 Å². The third-order valence-electron chi connectivity index (χ3n) is 3.53. The van der Waals surface area contributed by atoms with Gasteiger partial charge in [0.1, 0.15) is 11.4 Å². The second-order valence-electron chi connectivity index (χ2n) is 5.42. The largest absolute Gasteiger partial charge is 0.492 e. The molecule has 0 aliphatic heterocycles. The molecule has 0 radical (unpaired) electrons. The Kier molecular flexibility index (Phi) is 5.91. The highest BCUT2D eigenvalue weighted by Gasteiger charge is 2.34. The summed E-state index contributed by atoms with van der Waals surface area (Å²) in [5.74, 6) is 0.119. The van der Waals surface area contributed by atoms with Gasteiger partial charge in [-0.2, -0.15) is 12.7 Å². The van der Waals surface area contributed by atoms with Crippen molar-refractivity contribution in [2.45, 2.75) is 20.8 Å². The van der Waals surface area contributed by atoms with Gasteiger partial charge in [0.25, 0.3) is 0 Å². The van der Waals surface area contributed by atoms with Crippen molar-refractivity contribution in [3.63, 3.8) is 0 Å². The Labute approximate surface area is 156 Å². The Hall–Kier alpha value is -2.86. The maximum Gasteiger partial charge on any atom is 0.369 e. The molecule has 12 heteroatoms. The molecule has 0 aliphatic carbocycles. The number of rotatable bonds is 6. The fourth-order valence-electron chi connectivity index (χ4n) is 2.38. The summed E-state index contributed by atoms with van der Waals surface area (Å²) >= 11 is 0. The molecule has 0 unspecified atom stereocenters. The smallest absolute Gasteiger partial charge is 0.369 e. The van der Waals surface area contributed by atoms with Gasteiger partial charge in [-0.05, 0) is 32.4 Å². The molecule has 1 heterocycles. The van der Waals surface area contributed by atoms with Gasteiger partial charge in [0.05, 0.1) is 13.2 Å². The molecule has 27 heavy (non-hydrogen) atoms. The molecular formula is C15H21N5O6S. The van der Waals surface area contributed by atoms with Crippen LogP contribution in [-0.2, 0) is 17.3 Å². The zero-order chi connectivity index (χ0) is 20.4. The number of carbonyl (C=O) groups is 1. The molecule has 148 valence electrons. The number of aryl methyl sites for hydroxylation is 1. The highest BCUT2D eigenvalue weighted by atomic mass is 32.2. The molecule has 0 spiro atoms. The minimum atomic E-state index is -4.61. The summed E-state index contributed by atoms with van der Waals surface area (Å²) in [6.07, 6.45) is 0. The van der Waals surface area contributed by atoms with Crippen LogP contribution in [0, 0.1) is 6.92 Å². The summed E-state index contributed by atoms with van der Waals surface area (Å²) in [6.45, 7) is 5.37. The molecule has 0 bridgehead atoms. The Bertz CT molecular complexity index is 1010. The summed E-state index contributed by atoms with van der Waals surface area (Å²) in [4.78, 5) is 25.3. The van der Waals surface area contributed by atoms with Crippen LogP contribution in [0.15, 0.2) is 23.0 Å². The van der Waals surface area contributed by atoms with Crippen molar-refractivity contribution in [1.29, 1.82) is 0 Å². The average molecular weight is 399 g/mol. The number of amides is 1. The van der Waals surface area contributed by atoms with Crippen LogP contribution in [0.1, 0.15) is 19.4 Å². The molecule has 2 rings (SSSR count). The molecular weight excluding hydrogens is 378 g/mol. The Morgan fingerprint density at radius 1 is 1.26 bits per heavy atom. The van der Waals surface area contributed by atoms with Gasteiger partial charge in [0, 0.05) is 7.05 Å². The lowest BCUT2D eigenvalue weighted by molar-refractivity contribution is 0.245. The molecule has 1 aromatic carbocycles. The predicted octanol–water partition coefficient (Wildman–Crippen LogP) is 0.366. The number of anilines is 1. The molecule has 0 atom stereocenters. The highest BCUT2D eigenvalue weighted by molar-refractivity contribution is 7.91. The monoisotopic (exact) mass is 399 g/mol. The van der Waals surface area contributed by atoms with E-state index in [0.717, 1.165) is 4.57 Å². The van der Waals surface area contributed by atoms with E-state index in [0.29, 0.717) is 10.2 Å². The second-order valence-corrected chi connectivity index (χ2v) is 6.81. The van der Waals surface area contributed by atoms with E-state index in [1.54, 1.807) is 32.9 Å². The molecule has 2 aromatic rings. The van der Waals surface area contributed by atoms with Gasteiger partial charge in [0.2, 0.25) is 0 Å². The zero-order valence-electron chi connectivity index (χ0n) is 15.4. The molecule has 11 nitrogen and oxygen atoms in total. The van der Waals surface area contributed by atoms with Gasteiger partial charge in [-0.3, -0.25) is 0 Å². The van der Waals surface area contributed by atoms with Gasteiger partial charge in [-0.25, -0.2) is 19.3 Å². The van der Waals surface area contributed by atoms with E-state index in [-0.39, 0.29) is 35.0 Å². The summed E-state index contributed by atoms with van der Waals surface area (Å²) in [7, 11) is -3.27. The van der Waals surface area contributed by atoms with Gasteiger partial charge < -0.3 is 9.47 Å². The third-order valence-corrected chi connectivity index (χ3v) is 4.37. The van der Waals surface area contributed by atoms with E-state index in [9.17, 15) is 18.0 Å². The second kappa shape index (κ2) is 7.80. The predicted molar refractivity (Wildman–Crippen MR) is 97.4 cm³/mol. The number of carbonyl (C=O) groups excluding carboxylic acids is 1. The van der Waals surface area contributed by atoms with Crippen LogP contribution in [0.3, 0.4) is 0 Å². The van der Waals surface area contributed by atoms with E-state index in [2.05, 4.69) is 5.10 Å². The van der Waals surface area contributed by atoms with Crippen molar-refractivity contribution in [3.8, 4) is 11.8 Å². The summed E-state index contributed by atoms with van der Waals surface area (Å²) < 4.78 is 36.7.